The maximum atomic E-state index is 12.2. The van der Waals surface area contributed by atoms with Gasteiger partial charge in [-0.25, -0.2) is 0 Å². The Hall–Kier alpha value is -4.11. The minimum Gasteiger partial charge on any atom is -0.489 e. The maximum Gasteiger partial charge on any atom is 0.250 e. The fourth-order valence-electron chi connectivity index (χ4n) is 2.90. The number of nitriles is 1. The summed E-state index contributed by atoms with van der Waals surface area (Å²) in [5.41, 5.74) is 2.10. The molecular weight excluding hydrogens is 380 g/mol. The molecule has 1 N–H and O–H groups in total. The van der Waals surface area contributed by atoms with Gasteiger partial charge in [-0.1, -0.05) is 42.5 Å². The topological polar surface area (TPSA) is 92.3 Å². The summed E-state index contributed by atoms with van der Waals surface area (Å²) < 4.78 is 11.1. The molecule has 6 heteroatoms. The van der Waals surface area contributed by atoms with Gasteiger partial charge < -0.3 is 9.15 Å². The Labute approximate surface area is 174 Å². The van der Waals surface area contributed by atoms with Gasteiger partial charge in [-0.15, -0.1) is 0 Å². The van der Waals surface area contributed by atoms with E-state index in [-0.39, 0.29) is 22.8 Å². The van der Waals surface area contributed by atoms with Gasteiger partial charge in [0.2, 0.25) is 5.88 Å². The molecule has 0 atom stereocenters. The summed E-state index contributed by atoms with van der Waals surface area (Å²) in [7, 11) is 0. The van der Waals surface area contributed by atoms with Crippen molar-refractivity contribution in [3.8, 4) is 11.8 Å². The van der Waals surface area contributed by atoms with Crippen LogP contribution in [0.3, 0.4) is 0 Å². The van der Waals surface area contributed by atoms with Gasteiger partial charge in [0.1, 0.15) is 29.7 Å². The average Bonchev–Trinajstić information content (AvgIpc) is 3.07. The van der Waals surface area contributed by atoms with Crippen molar-refractivity contribution < 1.29 is 18.7 Å². The summed E-state index contributed by atoms with van der Waals surface area (Å²) in [5, 5.41) is 11.8. The number of Topliss-reactive ketones (excluding diaryl/α,β-unsaturated/α-hetero) is 1. The quantitative estimate of drug-likeness (QED) is 0.450. The molecule has 3 aromatic rings. The predicted molar refractivity (Wildman–Crippen MR) is 113 cm³/mol. The summed E-state index contributed by atoms with van der Waals surface area (Å²) in [5.74, 6) is 0.226. The van der Waals surface area contributed by atoms with Crippen LogP contribution in [0.1, 0.15) is 39.7 Å². The number of furan rings is 1. The molecule has 0 spiro atoms. The number of carbonyl (C=O) groups is 2. The van der Waals surface area contributed by atoms with Crippen molar-refractivity contribution in [1.29, 1.82) is 5.26 Å². The molecule has 0 radical (unpaired) electrons. The molecule has 6 nitrogen and oxygen atoms in total. The van der Waals surface area contributed by atoms with E-state index in [4.69, 9.17) is 9.15 Å². The Bertz CT molecular complexity index is 1120. The number of hydrogen-bond donors (Lipinski definition) is 1. The molecule has 1 aromatic heterocycles. The highest BCUT2D eigenvalue weighted by Crippen LogP contribution is 2.26. The second-order valence-corrected chi connectivity index (χ2v) is 6.57. The molecule has 0 saturated heterocycles. The molecule has 0 aliphatic heterocycles. The van der Waals surface area contributed by atoms with Crippen molar-refractivity contribution >= 4 is 23.7 Å². The molecule has 30 heavy (non-hydrogen) atoms. The number of amides is 1. The van der Waals surface area contributed by atoms with Crippen LogP contribution in [0, 0.1) is 18.3 Å². The Kier molecular flexibility index (Phi) is 6.46. The number of aryl methyl sites for hydroxylation is 1. The molecule has 1 heterocycles. The Morgan fingerprint density at radius 1 is 1.13 bits per heavy atom. The molecule has 0 saturated carbocycles. The molecule has 0 aliphatic rings. The third-order valence-corrected chi connectivity index (χ3v) is 4.34. The molecule has 0 bridgehead atoms. The number of rotatable bonds is 7. The first kappa shape index (κ1) is 20.6. The monoisotopic (exact) mass is 400 g/mol. The number of ether oxygens (including phenoxy) is 1. The number of benzene rings is 2. The van der Waals surface area contributed by atoms with E-state index in [0.717, 1.165) is 16.9 Å². The highest BCUT2D eigenvalue weighted by Gasteiger charge is 2.21. The number of nitrogens with zero attached hydrogens (tertiary/aromatic N) is 1. The predicted octanol–water partition coefficient (Wildman–Crippen LogP) is 4.89. The van der Waals surface area contributed by atoms with Gasteiger partial charge in [-0.3, -0.25) is 14.9 Å². The normalized spacial score (nSPS) is 10.6. The van der Waals surface area contributed by atoms with Gasteiger partial charge in [-0.2, -0.15) is 5.26 Å². The number of carbonyl (C=O) groups excluding carboxylic acids is 2. The van der Waals surface area contributed by atoms with E-state index in [1.807, 2.05) is 60.7 Å². The molecule has 1 amide bonds. The van der Waals surface area contributed by atoms with Crippen LogP contribution < -0.4 is 10.1 Å². The Morgan fingerprint density at radius 2 is 1.83 bits per heavy atom. The van der Waals surface area contributed by atoms with Gasteiger partial charge in [-0.05, 0) is 43.2 Å². The van der Waals surface area contributed by atoms with Crippen molar-refractivity contribution in [1.82, 2.24) is 0 Å². The minimum absolute atomic E-state index is 0.0282. The van der Waals surface area contributed by atoms with Crippen LogP contribution >= 0.6 is 0 Å². The summed E-state index contributed by atoms with van der Waals surface area (Å²) in [4.78, 5) is 23.9. The lowest BCUT2D eigenvalue weighted by Crippen LogP contribution is -2.08. The second kappa shape index (κ2) is 9.39. The maximum absolute atomic E-state index is 12.2. The van der Waals surface area contributed by atoms with E-state index >= 15 is 0 Å². The number of nitrogens with one attached hydrogen (secondary N) is 1. The first-order valence-electron chi connectivity index (χ1n) is 9.28. The number of anilines is 1. The van der Waals surface area contributed by atoms with E-state index in [0.29, 0.717) is 12.4 Å². The summed E-state index contributed by atoms with van der Waals surface area (Å²) in [6.45, 7) is 3.40. The fourth-order valence-corrected chi connectivity index (χ4v) is 2.90. The SMILES string of the molecule is CC(=O)c1c(C)oc(NC(=O)/C=C/c2ccc(OCc3ccccc3)cc2)c1C#N. The van der Waals surface area contributed by atoms with Crippen LogP contribution in [0.15, 0.2) is 65.1 Å². The third-order valence-electron chi connectivity index (χ3n) is 4.34. The summed E-state index contributed by atoms with van der Waals surface area (Å²) in [6, 6.07) is 19.1. The van der Waals surface area contributed by atoms with E-state index in [9.17, 15) is 14.9 Å². The highest BCUT2D eigenvalue weighted by molar-refractivity contribution is 6.04. The molecule has 3 rings (SSSR count). The fraction of sp³-hybridized carbons (Fsp3) is 0.125. The van der Waals surface area contributed by atoms with E-state index < -0.39 is 5.91 Å². The Morgan fingerprint density at radius 3 is 2.47 bits per heavy atom. The minimum atomic E-state index is -0.472. The van der Waals surface area contributed by atoms with Crippen LogP contribution in [0.5, 0.6) is 5.75 Å². The zero-order valence-corrected chi connectivity index (χ0v) is 16.6. The van der Waals surface area contributed by atoms with Gasteiger partial charge in [0.25, 0.3) is 5.91 Å². The number of hydrogen-bond acceptors (Lipinski definition) is 5. The molecule has 2 aromatic carbocycles. The van der Waals surface area contributed by atoms with E-state index in [1.165, 1.54) is 13.0 Å². The zero-order valence-electron chi connectivity index (χ0n) is 16.6. The van der Waals surface area contributed by atoms with Crippen LogP contribution in [-0.2, 0) is 11.4 Å². The lowest BCUT2D eigenvalue weighted by molar-refractivity contribution is -0.111. The van der Waals surface area contributed by atoms with Gasteiger partial charge >= 0.3 is 0 Å². The van der Waals surface area contributed by atoms with Crippen molar-refractivity contribution in [2.45, 2.75) is 20.5 Å². The highest BCUT2D eigenvalue weighted by atomic mass is 16.5. The third kappa shape index (κ3) is 5.03. The van der Waals surface area contributed by atoms with Crippen molar-refractivity contribution in [2.75, 3.05) is 5.32 Å². The van der Waals surface area contributed by atoms with Gasteiger partial charge in [0.05, 0.1) is 5.56 Å². The number of ketones is 1. The summed E-state index contributed by atoms with van der Waals surface area (Å²) in [6.07, 6.45) is 2.95. The van der Waals surface area contributed by atoms with Crippen LogP contribution in [0.4, 0.5) is 5.88 Å². The molecular formula is C24H20N2O4. The molecule has 0 fully saturated rings. The lowest BCUT2D eigenvalue weighted by Gasteiger charge is -2.06. The van der Waals surface area contributed by atoms with Crippen LogP contribution in [0.2, 0.25) is 0 Å². The van der Waals surface area contributed by atoms with E-state index in [1.54, 1.807) is 13.0 Å². The molecule has 150 valence electrons. The molecule has 0 unspecified atom stereocenters. The smallest absolute Gasteiger partial charge is 0.250 e. The average molecular weight is 400 g/mol. The van der Waals surface area contributed by atoms with Crippen LogP contribution in [-0.4, -0.2) is 11.7 Å². The standard InChI is InChI=1S/C24H20N2O4/c1-16(27)23-17(2)30-24(21(23)14-25)26-22(28)13-10-18-8-11-20(12-9-18)29-15-19-6-4-3-5-7-19/h3-13H,15H2,1-2H3,(H,26,28)/b13-10+. The van der Waals surface area contributed by atoms with E-state index in [2.05, 4.69) is 5.32 Å². The summed E-state index contributed by atoms with van der Waals surface area (Å²) >= 11 is 0. The van der Waals surface area contributed by atoms with Crippen molar-refractivity contribution in [2.24, 2.45) is 0 Å². The largest absolute Gasteiger partial charge is 0.489 e. The first-order chi connectivity index (χ1) is 14.5. The second-order valence-electron chi connectivity index (χ2n) is 6.57. The van der Waals surface area contributed by atoms with Gasteiger partial charge in [0.15, 0.2) is 5.78 Å². The van der Waals surface area contributed by atoms with Crippen molar-refractivity contribution in [3.63, 3.8) is 0 Å². The van der Waals surface area contributed by atoms with Gasteiger partial charge in [0, 0.05) is 6.08 Å². The lowest BCUT2D eigenvalue weighted by atomic mass is 10.1. The van der Waals surface area contributed by atoms with Crippen molar-refractivity contribution in [3.05, 3.63) is 88.7 Å². The Balaban J connectivity index is 1.61. The molecule has 0 aliphatic carbocycles. The zero-order chi connectivity index (χ0) is 21.5. The first-order valence-corrected chi connectivity index (χ1v) is 9.28. The van der Waals surface area contributed by atoms with Crippen LogP contribution in [0.25, 0.3) is 6.08 Å².